The van der Waals surface area contributed by atoms with E-state index in [1.54, 1.807) is 10.9 Å². The Balaban J connectivity index is 2.20. The number of carboxylic acid groups (broad SMARTS) is 1. The SMILES string of the molecule is CCOc1ccccc1-n1cc(CCC(=O)O)nn1. The number of hydrogen-bond donors (Lipinski definition) is 1. The van der Waals surface area contributed by atoms with Crippen molar-refractivity contribution in [2.24, 2.45) is 0 Å². The molecule has 0 aliphatic heterocycles. The lowest BCUT2D eigenvalue weighted by Crippen LogP contribution is -2.01. The number of aromatic nitrogens is 3. The Morgan fingerprint density at radius 2 is 2.21 bits per heavy atom. The molecule has 1 aromatic carbocycles. The minimum absolute atomic E-state index is 0.0474. The maximum absolute atomic E-state index is 10.5. The second-order valence-electron chi connectivity index (χ2n) is 3.95. The molecule has 2 aromatic rings. The van der Waals surface area contributed by atoms with Gasteiger partial charge in [-0.05, 0) is 19.1 Å². The van der Waals surface area contributed by atoms with E-state index < -0.39 is 5.97 Å². The van der Waals surface area contributed by atoms with Crippen LogP contribution in [0.3, 0.4) is 0 Å². The van der Waals surface area contributed by atoms with Crippen LogP contribution in [0.5, 0.6) is 5.75 Å². The van der Waals surface area contributed by atoms with Gasteiger partial charge in [-0.2, -0.15) is 0 Å². The summed E-state index contributed by atoms with van der Waals surface area (Å²) in [4.78, 5) is 10.5. The Labute approximate surface area is 110 Å². The molecule has 1 aromatic heterocycles. The third-order valence-electron chi connectivity index (χ3n) is 2.55. The topological polar surface area (TPSA) is 77.2 Å². The zero-order valence-corrected chi connectivity index (χ0v) is 10.6. The molecule has 100 valence electrons. The predicted molar refractivity (Wildman–Crippen MR) is 68.5 cm³/mol. The molecule has 1 N–H and O–H groups in total. The van der Waals surface area contributed by atoms with Crippen molar-refractivity contribution in [1.82, 2.24) is 15.0 Å². The standard InChI is InChI=1S/C13H15N3O3/c1-2-19-12-6-4-3-5-11(12)16-9-10(14-15-16)7-8-13(17)18/h3-6,9H,2,7-8H2,1H3,(H,17,18). The zero-order chi connectivity index (χ0) is 13.7. The van der Waals surface area contributed by atoms with E-state index in [-0.39, 0.29) is 6.42 Å². The average Bonchev–Trinajstić information content (AvgIpc) is 2.86. The number of ether oxygens (including phenoxy) is 1. The highest BCUT2D eigenvalue weighted by Crippen LogP contribution is 2.21. The van der Waals surface area contributed by atoms with Crippen LogP contribution < -0.4 is 4.74 Å². The van der Waals surface area contributed by atoms with Crippen LogP contribution in [0.4, 0.5) is 0 Å². The fraction of sp³-hybridized carbons (Fsp3) is 0.308. The molecular weight excluding hydrogens is 246 g/mol. The van der Waals surface area contributed by atoms with Crippen LogP contribution in [-0.2, 0) is 11.2 Å². The lowest BCUT2D eigenvalue weighted by Gasteiger charge is -2.08. The van der Waals surface area contributed by atoms with Gasteiger partial charge in [0.2, 0.25) is 0 Å². The van der Waals surface area contributed by atoms with Crippen LogP contribution in [0, 0.1) is 0 Å². The summed E-state index contributed by atoms with van der Waals surface area (Å²) in [5, 5.41) is 16.6. The van der Waals surface area contributed by atoms with Gasteiger partial charge in [0.1, 0.15) is 11.4 Å². The van der Waals surface area contributed by atoms with Gasteiger partial charge in [0.15, 0.2) is 0 Å². The van der Waals surface area contributed by atoms with Crippen LogP contribution in [0.1, 0.15) is 19.0 Å². The third kappa shape index (κ3) is 3.31. The Kier molecular flexibility index (Phi) is 4.12. The molecule has 1 heterocycles. The van der Waals surface area contributed by atoms with Crippen molar-refractivity contribution in [3.8, 4) is 11.4 Å². The van der Waals surface area contributed by atoms with Gasteiger partial charge in [-0.15, -0.1) is 5.10 Å². The smallest absolute Gasteiger partial charge is 0.303 e. The molecular formula is C13H15N3O3. The van der Waals surface area contributed by atoms with Crippen LogP contribution in [-0.4, -0.2) is 32.7 Å². The Hall–Kier alpha value is -2.37. The molecule has 0 unspecified atom stereocenters. The van der Waals surface area contributed by atoms with Crippen molar-refractivity contribution in [1.29, 1.82) is 0 Å². The quantitative estimate of drug-likeness (QED) is 0.856. The van der Waals surface area contributed by atoms with Gasteiger partial charge in [-0.3, -0.25) is 4.79 Å². The van der Waals surface area contributed by atoms with Crippen LogP contribution in [0.25, 0.3) is 5.69 Å². The number of aryl methyl sites for hydroxylation is 1. The second-order valence-corrected chi connectivity index (χ2v) is 3.95. The summed E-state index contributed by atoms with van der Waals surface area (Å²) in [5.41, 5.74) is 1.44. The first-order valence-electron chi connectivity index (χ1n) is 6.06. The average molecular weight is 261 g/mol. The number of carboxylic acids is 1. The molecule has 0 spiro atoms. The summed E-state index contributed by atoms with van der Waals surface area (Å²) >= 11 is 0. The van der Waals surface area contributed by atoms with Gasteiger partial charge in [0.25, 0.3) is 0 Å². The molecule has 6 nitrogen and oxygen atoms in total. The maximum Gasteiger partial charge on any atom is 0.303 e. The van der Waals surface area contributed by atoms with E-state index in [0.29, 0.717) is 18.7 Å². The molecule has 2 rings (SSSR count). The minimum atomic E-state index is -0.843. The molecule has 0 aliphatic rings. The second kappa shape index (κ2) is 5.99. The molecule has 0 radical (unpaired) electrons. The molecule has 0 bridgehead atoms. The molecule has 0 saturated carbocycles. The molecule has 0 saturated heterocycles. The van der Waals surface area contributed by atoms with Crippen molar-refractivity contribution in [2.45, 2.75) is 19.8 Å². The highest BCUT2D eigenvalue weighted by molar-refractivity contribution is 5.66. The number of rotatable bonds is 6. The van der Waals surface area contributed by atoms with E-state index in [9.17, 15) is 4.79 Å². The number of nitrogens with zero attached hydrogens (tertiary/aromatic N) is 3. The van der Waals surface area contributed by atoms with E-state index in [4.69, 9.17) is 9.84 Å². The number of carbonyl (C=O) groups is 1. The summed E-state index contributed by atoms with van der Waals surface area (Å²) in [5.74, 6) is -0.121. The van der Waals surface area contributed by atoms with Crippen LogP contribution in [0.15, 0.2) is 30.5 Å². The molecule has 19 heavy (non-hydrogen) atoms. The van der Waals surface area contributed by atoms with E-state index >= 15 is 0 Å². The van der Waals surface area contributed by atoms with E-state index in [0.717, 1.165) is 11.4 Å². The Morgan fingerprint density at radius 1 is 1.42 bits per heavy atom. The first kappa shape index (κ1) is 13.1. The first-order valence-corrected chi connectivity index (χ1v) is 6.06. The lowest BCUT2D eigenvalue weighted by atomic mass is 10.2. The van der Waals surface area contributed by atoms with Gasteiger partial charge in [0, 0.05) is 6.42 Å². The summed E-state index contributed by atoms with van der Waals surface area (Å²) in [6.45, 7) is 2.48. The van der Waals surface area contributed by atoms with Crippen molar-refractivity contribution in [3.63, 3.8) is 0 Å². The monoisotopic (exact) mass is 261 g/mol. The van der Waals surface area contributed by atoms with Crippen LogP contribution in [0.2, 0.25) is 0 Å². The molecule has 0 amide bonds. The fourth-order valence-corrected chi connectivity index (χ4v) is 1.69. The third-order valence-corrected chi connectivity index (χ3v) is 2.55. The predicted octanol–water partition coefficient (Wildman–Crippen LogP) is 1.68. The lowest BCUT2D eigenvalue weighted by molar-refractivity contribution is -0.136. The molecule has 0 aliphatic carbocycles. The number of benzene rings is 1. The van der Waals surface area contributed by atoms with Gasteiger partial charge in [0.05, 0.1) is 24.9 Å². The van der Waals surface area contributed by atoms with E-state index in [1.807, 2.05) is 31.2 Å². The largest absolute Gasteiger partial charge is 0.492 e. The van der Waals surface area contributed by atoms with E-state index in [1.165, 1.54) is 0 Å². The van der Waals surface area contributed by atoms with Gasteiger partial charge < -0.3 is 9.84 Å². The molecule has 0 fully saturated rings. The van der Waals surface area contributed by atoms with Crippen molar-refractivity contribution in [3.05, 3.63) is 36.2 Å². The van der Waals surface area contributed by atoms with Gasteiger partial charge in [-0.25, -0.2) is 4.68 Å². The number of hydrogen-bond acceptors (Lipinski definition) is 4. The first-order chi connectivity index (χ1) is 9.20. The summed E-state index contributed by atoms with van der Waals surface area (Å²) < 4.78 is 7.12. The minimum Gasteiger partial charge on any atom is -0.492 e. The highest BCUT2D eigenvalue weighted by Gasteiger charge is 2.09. The van der Waals surface area contributed by atoms with Crippen molar-refractivity contribution >= 4 is 5.97 Å². The van der Waals surface area contributed by atoms with Gasteiger partial charge >= 0.3 is 5.97 Å². The Morgan fingerprint density at radius 3 is 2.95 bits per heavy atom. The normalized spacial score (nSPS) is 10.4. The van der Waals surface area contributed by atoms with E-state index in [2.05, 4.69) is 10.3 Å². The zero-order valence-electron chi connectivity index (χ0n) is 10.6. The Bertz CT molecular complexity index is 566. The van der Waals surface area contributed by atoms with Crippen molar-refractivity contribution in [2.75, 3.05) is 6.61 Å². The van der Waals surface area contributed by atoms with Crippen LogP contribution >= 0.6 is 0 Å². The molecule has 0 atom stereocenters. The summed E-state index contributed by atoms with van der Waals surface area (Å²) in [6, 6.07) is 7.51. The van der Waals surface area contributed by atoms with Gasteiger partial charge in [-0.1, -0.05) is 17.3 Å². The summed E-state index contributed by atoms with van der Waals surface area (Å²) in [7, 11) is 0. The number of aliphatic carboxylic acids is 1. The highest BCUT2D eigenvalue weighted by atomic mass is 16.5. The molecule has 6 heteroatoms. The van der Waals surface area contributed by atoms with Crippen molar-refractivity contribution < 1.29 is 14.6 Å². The summed E-state index contributed by atoms with van der Waals surface area (Å²) in [6.07, 6.45) is 2.14. The number of para-hydroxylation sites is 2. The maximum atomic E-state index is 10.5. The fourth-order valence-electron chi connectivity index (χ4n) is 1.69.